The van der Waals surface area contributed by atoms with Crippen LogP contribution in [0.5, 0.6) is 0 Å². The van der Waals surface area contributed by atoms with Crippen molar-refractivity contribution in [3.8, 4) is 0 Å². The minimum Gasteiger partial charge on any atom is -0.545 e. The first-order valence-electron chi connectivity index (χ1n) is 8.97. The first kappa shape index (κ1) is 23.1. The van der Waals surface area contributed by atoms with Crippen molar-refractivity contribution in [3.05, 3.63) is 127 Å². The van der Waals surface area contributed by atoms with E-state index in [1.165, 1.54) is 28.0 Å². The Labute approximate surface area is 195 Å². The van der Waals surface area contributed by atoms with E-state index in [1.807, 2.05) is 0 Å². The van der Waals surface area contributed by atoms with Gasteiger partial charge < -0.3 is 9.90 Å². The van der Waals surface area contributed by atoms with Crippen molar-refractivity contribution in [1.29, 1.82) is 0 Å². The topological polar surface area (TPSA) is 40.1 Å². The van der Waals surface area contributed by atoms with Crippen LogP contribution in [0, 0.1) is 0 Å². The SMILES string of the molecule is O=C([O-])c1ccccc1.[Na+].c1ccc(P(c2ccccc2)c2ccccc2)cc1. The van der Waals surface area contributed by atoms with E-state index in [1.54, 1.807) is 18.2 Å². The average molecular weight is 406 g/mol. The first-order chi connectivity index (χ1) is 13.8. The van der Waals surface area contributed by atoms with Crippen molar-refractivity contribution in [1.82, 2.24) is 0 Å². The molecule has 138 valence electrons. The van der Waals surface area contributed by atoms with E-state index < -0.39 is 13.9 Å². The second kappa shape index (κ2) is 12.4. The van der Waals surface area contributed by atoms with Crippen LogP contribution in [0.4, 0.5) is 0 Å². The fourth-order valence-corrected chi connectivity index (χ4v) is 5.06. The van der Waals surface area contributed by atoms with Crippen LogP contribution in [0.3, 0.4) is 0 Å². The largest absolute Gasteiger partial charge is 1.00 e. The molecule has 0 atom stereocenters. The summed E-state index contributed by atoms with van der Waals surface area (Å²) in [6.45, 7) is 0. The summed E-state index contributed by atoms with van der Waals surface area (Å²) in [5.74, 6) is -1.13. The predicted molar refractivity (Wildman–Crippen MR) is 116 cm³/mol. The third-order valence-corrected chi connectivity index (χ3v) is 6.50. The fraction of sp³-hybridized carbons (Fsp3) is 0. The molecule has 0 spiro atoms. The number of carbonyl (C=O) groups is 1. The minimum absolute atomic E-state index is 0. The first-order valence-corrected chi connectivity index (χ1v) is 10.3. The van der Waals surface area contributed by atoms with E-state index in [9.17, 15) is 9.90 Å². The molecule has 0 fully saturated rings. The summed E-state index contributed by atoms with van der Waals surface area (Å²) in [7, 11) is -0.446. The number of aromatic carboxylic acids is 1. The minimum atomic E-state index is -1.13. The van der Waals surface area contributed by atoms with Gasteiger partial charge in [0.2, 0.25) is 0 Å². The molecule has 4 aromatic carbocycles. The van der Waals surface area contributed by atoms with Gasteiger partial charge in [0.25, 0.3) is 0 Å². The second-order valence-corrected chi connectivity index (χ2v) is 8.22. The van der Waals surface area contributed by atoms with Gasteiger partial charge >= 0.3 is 29.6 Å². The molecule has 0 aliphatic rings. The summed E-state index contributed by atoms with van der Waals surface area (Å²) in [6.07, 6.45) is 0. The number of hydrogen-bond donors (Lipinski definition) is 0. The molecule has 0 saturated heterocycles. The maximum atomic E-state index is 10.1. The van der Waals surface area contributed by atoms with Crippen LogP contribution in [0.2, 0.25) is 0 Å². The Bertz CT molecular complexity index is 884. The fourth-order valence-electron chi connectivity index (χ4n) is 2.75. The molecule has 4 rings (SSSR count). The molecular formula is C25H20NaO2P. The van der Waals surface area contributed by atoms with Gasteiger partial charge in [0.05, 0.1) is 5.97 Å². The molecular weight excluding hydrogens is 386 g/mol. The van der Waals surface area contributed by atoms with Crippen LogP contribution in [-0.4, -0.2) is 5.97 Å². The number of carbonyl (C=O) groups excluding carboxylic acids is 1. The number of benzene rings is 4. The molecule has 0 aromatic heterocycles. The van der Waals surface area contributed by atoms with E-state index in [0.29, 0.717) is 0 Å². The molecule has 0 saturated carbocycles. The molecule has 0 bridgehead atoms. The number of carboxylic acids is 1. The van der Waals surface area contributed by atoms with Crippen molar-refractivity contribution in [2.75, 3.05) is 0 Å². The van der Waals surface area contributed by atoms with Gasteiger partial charge in [0, 0.05) is 0 Å². The van der Waals surface area contributed by atoms with E-state index in [-0.39, 0.29) is 35.1 Å². The molecule has 4 aromatic rings. The Morgan fingerprint density at radius 1 is 0.517 bits per heavy atom. The smallest absolute Gasteiger partial charge is 0.545 e. The molecule has 2 nitrogen and oxygen atoms in total. The third-order valence-electron chi connectivity index (χ3n) is 4.05. The van der Waals surface area contributed by atoms with E-state index in [2.05, 4.69) is 91.0 Å². The quantitative estimate of drug-likeness (QED) is 0.366. The summed E-state index contributed by atoms with van der Waals surface area (Å²) in [6, 6.07) is 40.4. The van der Waals surface area contributed by atoms with Gasteiger partial charge in [0.15, 0.2) is 0 Å². The van der Waals surface area contributed by atoms with E-state index >= 15 is 0 Å². The number of hydrogen-bond acceptors (Lipinski definition) is 2. The molecule has 0 unspecified atom stereocenters. The van der Waals surface area contributed by atoms with Crippen LogP contribution >= 0.6 is 7.92 Å². The Balaban J connectivity index is 0.000000255. The Kier molecular flexibility index (Phi) is 9.83. The van der Waals surface area contributed by atoms with Gasteiger partial charge in [-0.1, -0.05) is 121 Å². The van der Waals surface area contributed by atoms with Crippen molar-refractivity contribution < 1.29 is 39.5 Å². The van der Waals surface area contributed by atoms with Crippen molar-refractivity contribution in [2.45, 2.75) is 0 Å². The summed E-state index contributed by atoms with van der Waals surface area (Å²) in [5.41, 5.74) is 0.220. The van der Waals surface area contributed by atoms with Gasteiger partial charge in [-0.3, -0.25) is 0 Å². The molecule has 0 radical (unpaired) electrons. The zero-order chi connectivity index (χ0) is 19.6. The summed E-state index contributed by atoms with van der Waals surface area (Å²) < 4.78 is 0. The van der Waals surface area contributed by atoms with Crippen LogP contribution in [0.1, 0.15) is 10.4 Å². The number of rotatable bonds is 4. The molecule has 0 N–H and O–H groups in total. The summed E-state index contributed by atoms with van der Waals surface area (Å²) in [4.78, 5) is 10.1. The van der Waals surface area contributed by atoms with Gasteiger partial charge in [-0.05, 0) is 29.4 Å². The maximum absolute atomic E-state index is 10.1. The zero-order valence-electron chi connectivity index (χ0n) is 16.3. The Morgan fingerprint density at radius 3 is 1.03 bits per heavy atom. The van der Waals surface area contributed by atoms with Crippen molar-refractivity contribution in [3.63, 3.8) is 0 Å². The van der Waals surface area contributed by atoms with E-state index in [0.717, 1.165) is 0 Å². The van der Waals surface area contributed by atoms with Crippen molar-refractivity contribution >= 4 is 29.8 Å². The van der Waals surface area contributed by atoms with Crippen molar-refractivity contribution in [2.24, 2.45) is 0 Å². The normalized spacial score (nSPS) is 9.69. The monoisotopic (exact) mass is 406 g/mol. The predicted octanol–water partition coefficient (Wildman–Crippen LogP) is 0.499. The van der Waals surface area contributed by atoms with Gasteiger partial charge in [-0.15, -0.1) is 0 Å². The Hall–Kier alpha value is -2.22. The Morgan fingerprint density at radius 2 is 0.793 bits per heavy atom. The molecule has 0 amide bonds. The van der Waals surface area contributed by atoms with Crippen LogP contribution in [0.25, 0.3) is 0 Å². The van der Waals surface area contributed by atoms with Crippen LogP contribution in [0.15, 0.2) is 121 Å². The molecule has 4 heteroatoms. The van der Waals surface area contributed by atoms with Gasteiger partial charge in [-0.25, -0.2) is 0 Å². The van der Waals surface area contributed by atoms with Crippen LogP contribution < -0.4 is 50.6 Å². The average Bonchev–Trinajstić information content (AvgIpc) is 2.77. The summed E-state index contributed by atoms with van der Waals surface area (Å²) in [5, 5.41) is 14.3. The number of carboxylic acid groups (broad SMARTS) is 1. The molecule has 0 aliphatic carbocycles. The molecule has 29 heavy (non-hydrogen) atoms. The molecule has 0 aliphatic heterocycles. The third kappa shape index (κ3) is 6.96. The summed E-state index contributed by atoms with van der Waals surface area (Å²) >= 11 is 0. The second-order valence-electron chi connectivity index (χ2n) is 6.00. The zero-order valence-corrected chi connectivity index (χ0v) is 19.2. The van der Waals surface area contributed by atoms with Crippen LogP contribution in [-0.2, 0) is 0 Å². The molecule has 0 heterocycles. The maximum Gasteiger partial charge on any atom is 1.00 e. The van der Waals surface area contributed by atoms with Gasteiger partial charge in [-0.2, -0.15) is 0 Å². The van der Waals surface area contributed by atoms with Gasteiger partial charge in [0.1, 0.15) is 0 Å². The van der Waals surface area contributed by atoms with E-state index in [4.69, 9.17) is 0 Å². The standard InChI is InChI=1S/C18H15P.C7H6O2.Na/c1-4-10-16(11-5-1)19(17-12-6-2-7-13-17)18-14-8-3-9-15-18;8-7(9)6-4-2-1-3-5-6;/h1-15H;1-5H,(H,8,9);/q;;+1/p-1.